The van der Waals surface area contributed by atoms with Gasteiger partial charge in [-0.25, -0.2) is 0 Å². The van der Waals surface area contributed by atoms with Crippen LogP contribution in [0.2, 0.25) is 0 Å². The average molecular weight is 431 g/mol. The van der Waals surface area contributed by atoms with E-state index >= 15 is 0 Å². The molecule has 2 aromatic heterocycles. The molecule has 0 saturated carbocycles. The summed E-state index contributed by atoms with van der Waals surface area (Å²) in [6, 6.07) is 16.2. The van der Waals surface area contributed by atoms with Crippen molar-refractivity contribution in [3.63, 3.8) is 0 Å². The van der Waals surface area contributed by atoms with Gasteiger partial charge in [-0.3, -0.25) is 9.88 Å². The predicted octanol–water partition coefficient (Wildman–Crippen LogP) is 5.08. The van der Waals surface area contributed by atoms with E-state index in [1.165, 1.54) is 16.7 Å². The molecule has 0 spiro atoms. The fourth-order valence-corrected chi connectivity index (χ4v) is 4.41. The summed E-state index contributed by atoms with van der Waals surface area (Å²) in [6.45, 7) is 2.64. The molecule has 32 heavy (non-hydrogen) atoms. The Morgan fingerprint density at radius 1 is 0.906 bits per heavy atom. The molecule has 0 fully saturated rings. The predicted molar refractivity (Wildman–Crippen MR) is 123 cm³/mol. The molecule has 1 aliphatic heterocycles. The molecule has 0 saturated heterocycles. The van der Waals surface area contributed by atoms with Crippen LogP contribution >= 0.6 is 0 Å². The first-order chi connectivity index (χ1) is 15.7. The number of ether oxygens (including phenoxy) is 3. The van der Waals surface area contributed by atoms with Crippen LogP contribution in [-0.4, -0.2) is 37.8 Å². The van der Waals surface area contributed by atoms with Gasteiger partial charge in [-0.15, -0.1) is 0 Å². The van der Waals surface area contributed by atoms with Crippen LogP contribution < -0.4 is 14.2 Å². The van der Waals surface area contributed by atoms with E-state index < -0.39 is 0 Å². The monoisotopic (exact) mass is 430 g/mol. The Kier molecular flexibility index (Phi) is 5.45. The van der Waals surface area contributed by atoms with Gasteiger partial charge >= 0.3 is 0 Å². The maximum absolute atomic E-state index is 6.18. The molecule has 0 unspecified atom stereocenters. The van der Waals surface area contributed by atoms with Crippen LogP contribution in [0.3, 0.4) is 0 Å². The Morgan fingerprint density at radius 3 is 2.41 bits per heavy atom. The Hall–Kier alpha value is -3.51. The third-order valence-electron chi connectivity index (χ3n) is 6.07. The highest BCUT2D eigenvalue weighted by Gasteiger charge is 2.22. The molecule has 1 aliphatic rings. The van der Waals surface area contributed by atoms with E-state index in [0.717, 1.165) is 65.7 Å². The van der Waals surface area contributed by atoms with E-state index in [4.69, 9.17) is 18.6 Å². The summed E-state index contributed by atoms with van der Waals surface area (Å²) in [6.07, 6.45) is 2.74. The van der Waals surface area contributed by atoms with Gasteiger partial charge in [-0.1, -0.05) is 12.1 Å². The van der Waals surface area contributed by atoms with Gasteiger partial charge in [-0.2, -0.15) is 0 Å². The lowest BCUT2D eigenvalue weighted by molar-refractivity contribution is 0.245. The number of hydrogen-bond acceptors (Lipinski definition) is 6. The largest absolute Gasteiger partial charge is 0.493 e. The van der Waals surface area contributed by atoms with Gasteiger partial charge < -0.3 is 18.6 Å². The van der Waals surface area contributed by atoms with Crippen LogP contribution in [0.25, 0.3) is 22.4 Å². The van der Waals surface area contributed by atoms with Crippen LogP contribution in [0, 0.1) is 0 Å². The van der Waals surface area contributed by atoms with Crippen molar-refractivity contribution in [2.45, 2.75) is 19.5 Å². The first kappa shape index (κ1) is 20.4. The second kappa shape index (κ2) is 8.55. The highest BCUT2D eigenvalue weighted by Crippen LogP contribution is 2.37. The molecule has 5 rings (SSSR count). The number of methoxy groups -OCH3 is 3. The Bertz CT molecular complexity index is 1250. The maximum Gasteiger partial charge on any atom is 0.177 e. The lowest BCUT2D eigenvalue weighted by Gasteiger charge is -2.29. The number of nitrogens with zero attached hydrogens (tertiary/aromatic N) is 2. The van der Waals surface area contributed by atoms with Gasteiger partial charge in [0.05, 0.1) is 21.3 Å². The standard InChI is InChI=1S/C26H26N2O4/c1-29-22-8-7-18(20-14-23(32-26(20)22)21-6-4-5-10-27-21)15-28-11-9-17-12-24(30-2)25(31-3)13-19(17)16-28/h4-8,10,12-14H,9,11,15-16H2,1-3H3. The Morgan fingerprint density at radius 2 is 1.69 bits per heavy atom. The average Bonchev–Trinajstić information content (AvgIpc) is 3.30. The fourth-order valence-electron chi connectivity index (χ4n) is 4.41. The fraction of sp³-hybridized carbons (Fsp3) is 0.269. The van der Waals surface area contributed by atoms with Crippen LogP contribution in [-0.2, 0) is 19.5 Å². The van der Waals surface area contributed by atoms with Crippen molar-refractivity contribution in [2.24, 2.45) is 0 Å². The van der Waals surface area contributed by atoms with Gasteiger partial charge in [-0.05, 0) is 59.5 Å². The van der Waals surface area contributed by atoms with Crippen molar-refractivity contribution in [1.82, 2.24) is 9.88 Å². The number of hydrogen-bond donors (Lipinski definition) is 0. The number of fused-ring (bicyclic) bond motifs is 2. The number of aromatic nitrogens is 1. The van der Waals surface area contributed by atoms with E-state index in [-0.39, 0.29) is 0 Å². The lowest BCUT2D eigenvalue weighted by Crippen LogP contribution is -2.30. The van der Waals surface area contributed by atoms with Crippen molar-refractivity contribution in [2.75, 3.05) is 27.9 Å². The minimum atomic E-state index is 0.728. The third-order valence-corrected chi connectivity index (χ3v) is 6.07. The summed E-state index contributed by atoms with van der Waals surface area (Å²) < 4.78 is 22.7. The Balaban J connectivity index is 1.46. The molecular formula is C26H26N2O4. The zero-order chi connectivity index (χ0) is 22.1. The summed E-state index contributed by atoms with van der Waals surface area (Å²) in [5, 5.41) is 1.06. The normalized spacial score (nSPS) is 13.7. The van der Waals surface area contributed by atoms with Gasteiger partial charge in [0, 0.05) is 31.2 Å². The second-order valence-electron chi connectivity index (χ2n) is 7.93. The summed E-state index contributed by atoms with van der Waals surface area (Å²) >= 11 is 0. The number of rotatable bonds is 6. The molecule has 3 heterocycles. The molecule has 0 atom stereocenters. The molecule has 0 N–H and O–H groups in total. The highest BCUT2D eigenvalue weighted by molar-refractivity contribution is 5.89. The van der Waals surface area contributed by atoms with Crippen LogP contribution in [0.15, 0.2) is 59.1 Å². The molecule has 164 valence electrons. The number of furan rings is 1. The zero-order valence-corrected chi connectivity index (χ0v) is 18.6. The molecular weight excluding hydrogens is 404 g/mol. The topological polar surface area (TPSA) is 57.0 Å². The molecule has 0 radical (unpaired) electrons. The zero-order valence-electron chi connectivity index (χ0n) is 18.6. The van der Waals surface area contributed by atoms with E-state index in [2.05, 4.69) is 34.1 Å². The first-order valence-corrected chi connectivity index (χ1v) is 10.7. The van der Waals surface area contributed by atoms with E-state index in [0.29, 0.717) is 0 Å². The molecule has 4 aromatic rings. The van der Waals surface area contributed by atoms with E-state index in [1.54, 1.807) is 27.5 Å². The summed E-state index contributed by atoms with van der Waals surface area (Å²) in [4.78, 5) is 6.88. The highest BCUT2D eigenvalue weighted by atomic mass is 16.5. The smallest absolute Gasteiger partial charge is 0.177 e. The van der Waals surface area contributed by atoms with E-state index in [9.17, 15) is 0 Å². The molecule has 0 aliphatic carbocycles. The molecule has 0 bridgehead atoms. The first-order valence-electron chi connectivity index (χ1n) is 10.7. The number of pyridine rings is 1. The van der Waals surface area contributed by atoms with Gasteiger partial charge in [0.1, 0.15) is 5.69 Å². The molecule has 6 nitrogen and oxygen atoms in total. The second-order valence-corrected chi connectivity index (χ2v) is 7.93. The van der Waals surface area contributed by atoms with Gasteiger partial charge in [0.15, 0.2) is 28.6 Å². The summed E-state index contributed by atoms with van der Waals surface area (Å²) in [5.74, 6) is 3.03. The van der Waals surface area contributed by atoms with Crippen molar-refractivity contribution < 1.29 is 18.6 Å². The Labute approximate surface area is 187 Å². The minimum absolute atomic E-state index is 0.728. The molecule has 0 amide bonds. The van der Waals surface area contributed by atoms with Crippen molar-refractivity contribution in [3.05, 3.63) is 71.4 Å². The van der Waals surface area contributed by atoms with E-state index in [1.807, 2.05) is 24.3 Å². The van der Waals surface area contributed by atoms with Crippen molar-refractivity contribution in [1.29, 1.82) is 0 Å². The van der Waals surface area contributed by atoms with Crippen LogP contribution in [0.5, 0.6) is 17.2 Å². The molecule has 6 heteroatoms. The summed E-state index contributed by atoms with van der Waals surface area (Å²) in [5.41, 5.74) is 5.37. The quantitative estimate of drug-likeness (QED) is 0.425. The lowest BCUT2D eigenvalue weighted by atomic mass is 9.98. The molecule has 2 aromatic carbocycles. The minimum Gasteiger partial charge on any atom is -0.493 e. The van der Waals surface area contributed by atoms with Crippen molar-refractivity contribution in [3.8, 4) is 28.7 Å². The van der Waals surface area contributed by atoms with Gasteiger partial charge in [0.2, 0.25) is 0 Å². The summed E-state index contributed by atoms with van der Waals surface area (Å²) in [7, 11) is 5.02. The van der Waals surface area contributed by atoms with Crippen LogP contribution in [0.4, 0.5) is 0 Å². The number of benzene rings is 2. The third kappa shape index (κ3) is 3.67. The SMILES string of the molecule is COc1cc2c(cc1OC)CN(Cc1ccc(OC)c3oc(-c4ccccn4)cc13)CC2. The maximum atomic E-state index is 6.18. The van der Waals surface area contributed by atoms with Crippen LogP contribution in [0.1, 0.15) is 16.7 Å². The van der Waals surface area contributed by atoms with Gasteiger partial charge in [0.25, 0.3) is 0 Å². The van der Waals surface area contributed by atoms with Crippen molar-refractivity contribution >= 4 is 11.0 Å².